The van der Waals surface area contributed by atoms with E-state index in [4.69, 9.17) is 16.3 Å². The molecule has 1 aromatic heterocycles. The molecule has 8 heteroatoms. The molecule has 38 heavy (non-hydrogen) atoms. The molecule has 0 radical (unpaired) electrons. The first-order chi connectivity index (χ1) is 18.5. The maximum atomic E-state index is 13.5. The zero-order valence-electron chi connectivity index (χ0n) is 20.1. The van der Waals surface area contributed by atoms with Crippen molar-refractivity contribution in [1.82, 2.24) is 15.2 Å². The highest BCUT2D eigenvalue weighted by Crippen LogP contribution is 2.23. The fourth-order valence-electron chi connectivity index (χ4n) is 3.70. The highest BCUT2D eigenvalue weighted by atomic mass is 35.5. The van der Waals surface area contributed by atoms with Crippen LogP contribution in [0.4, 0.5) is 4.39 Å². The van der Waals surface area contributed by atoms with Crippen LogP contribution in [0.2, 0.25) is 5.02 Å². The lowest BCUT2D eigenvalue weighted by Crippen LogP contribution is -2.17. The van der Waals surface area contributed by atoms with Crippen molar-refractivity contribution in [1.29, 1.82) is 0 Å². The molecule has 0 spiro atoms. The number of hydrogen-bond donors (Lipinski definition) is 1. The van der Waals surface area contributed by atoms with Crippen LogP contribution in [0.3, 0.4) is 0 Å². The Bertz CT molecular complexity index is 1550. The van der Waals surface area contributed by atoms with Gasteiger partial charge in [0.1, 0.15) is 23.9 Å². The maximum Gasteiger partial charge on any atom is 0.271 e. The molecule has 6 nitrogen and oxygen atoms in total. The van der Waals surface area contributed by atoms with E-state index < -0.39 is 0 Å². The predicted octanol–water partition coefficient (Wildman–Crippen LogP) is 6.67. The van der Waals surface area contributed by atoms with Crippen LogP contribution in [0.5, 0.6) is 5.75 Å². The number of hydrazone groups is 1. The minimum Gasteiger partial charge on any atom is -0.489 e. The number of rotatable bonds is 8. The lowest BCUT2D eigenvalue weighted by atomic mass is 10.1. The number of benzene rings is 4. The van der Waals surface area contributed by atoms with Gasteiger partial charge in [-0.15, -0.1) is 0 Å². The molecular weight excluding hydrogens is 503 g/mol. The van der Waals surface area contributed by atoms with Crippen LogP contribution in [0.1, 0.15) is 21.5 Å². The van der Waals surface area contributed by atoms with Gasteiger partial charge in [0, 0.05) is 27.9 Å². The zero-order valence-corrected chi connectivity index (χ0v) is 20.8. The minimum atomic E-state index is -0.371. The highest BCUT2D eigenvalue weighted by Gasteiger charge is 2.12. The van der Waals surface area contributed by atoms with E-state index in [-0.39, 0.29) is 11.7 Å². The third-order valence-corrected chi connectivity index (χ3v) is 5.94. The molecule has 0 fully saturated rings. The monoisotopic (exact) mass is 524 g/mol. The number of nitrogens with one attached hydrogen (secondary N) is 1. The Labute approximate surface area is 224 Å². The topological polar surface area (TPSA) is 68.5 Å². The van der Waals surface area contributed by atoms with Crippen molar-refractivity contribution < 1.29 is 13.9 Å². The Morgan fingerprint density at radius 3 is 2.37 bits per heavy atom. The molecule has 188 valence electrons. The molecule has 0 aliphatic heterocycles. The van der Waals surface area contributed by atoms with Gasteiger partial charge >= 0.3 is 0 Å². The lowest BCUT2D eigenvalue weighted by molar-refractivity contribution is 0.0955. The summed E-state index contributed by atoms with van der Waals surface area (Å²) < 4.78 is 21.0. The van der Waals surface area contributed by atoms with Gasteiger partial charge in [-0.1, -0.05) is 41.9 Å². The van der Waals surface area contributed by atoms with Gasteiger partial charge in [-0.3, -0.25) is 4.79 Å². The summed E-state index contributed by atoms with van der Waals surface area (Å²) in [6.45, 7) is 0.389. The summed E-state index contributed by atoms with van der Waals surface area (Å²) >= 11 is 5.91. The third kappa shape index (κ3) is 6.14. The number of aromatic nitrogens is 2. The van der Waals surface area contributed by atoms with Crippen LogP contribution in [0, 0.1) is 5.82 Å². The number of ether oxygens (including phenoxy) is 1. The molecule has 1 N–H and O–H groups in total. The summed E-state index contributed by atoms with van der Waals surface area (Å²) in [6.07, 6.45) is 3.32. The molecule has 0 saturated heterocycles. The lowest BCUT2D eigenvalue weighted by Gasteiger charge is -2.07. The summed E-state index contributed by atoms with van der Waals surface area (Å²) in [6, 6.07) is 29.9. The molecule has 0 saturated carbocycles. The van der Waals surface area contributed by atoms with Crippen molar-refractivity contribution in [3.8, 4) is 22.7 Å². The molecule has 0 bridgehead atoms. The number of amides is 1. The number of hydrogen-bond acceptors (Lipinski definition) is 4. The number of carbonyl (C=O) groups is 1. The van der Waals surface area contributed by atoms with E-state index >= 15 is 0 Å². The summed E-state index contributed by atoms with van der Waals surface area (Å²) in [4.78, 5) is 12.6. The molecule has 5 aromatic rings. The van der Waals surface area contributed by atoms with Crippen molar-refractivity contribution in [2.75, 3.05) is 0 Å². The number of halogens is 2. The van der Waals surface area contributed by atoms with Gasteiger partial charge in [-0.2, -0.15) is 10.2 Å². The second-order valence-corrected chi connectivity index (χ2v) is 8.80. The number of carbonyl (C=O) groups excluding carboxylic acids is 1. The first-order valence-corrected chi connectivity index (χ1v) is 12.1. The predicted molar refractivity (Wildman–Crippen MR) is 146 cm³/mol. The summed E-state index contributed by atoms with van der Waals surface area (Å²) in [7, 11) is 0. The normalized spacial score (nSPS) is 11.0. The van der Waals surface area contributed by atoms with Crippen LogP contribution >= 0.6 is 11.6 Å². The first kappa shape index (κ1) is 24.9. The zero-order chi connectivity index (χ0) is 26.3. The summed E-state index contributed by atoms with van der Waals surface area (Å²) in [5, 5.41) is 9.47. The second-order valence-electron chi connectivity index (χ2n) is 8.36. The molecule has 5 rings (SSSR count). The maximum absolute atomic E-state index is 13.5. The standard InChI is InChI=1S/C30H22ClFN4O2/c31-25-12-6-21(7-13-25)20-38-28-16-10-23(11-17-28)30(37)34-33-18-24-19-36(27-4-2-1-3-5-27)35-29(24)22-8-14-26(32)15-9-22/h1-19H,20H2,(H,34,37)/b33-18+. The van der Waals surface area contributed by atoms with Crippen LogP contribution < -0.4 is 10.2 Å². The van der Waals surface area contributed by atoms with Crippen molar-refractivity contribution in [3.05, 3.63) is 137 Å². The fourth-order valence-corrected chi connectivity index (χ4v) is 3.83. The van der Waals surface area contributed by atoms with E-state index in [0.29, 0.717) is 34.2 Å². The van der Waals surface area contributed by atoms with E-state index in [1.807, 2.05) is 54.6 Å². The molecule has 1 heterocycles. The Morgan fingerprint density at radius 1 is 0.947 bits per heavy atom. The molecule has 0 aliphatic carbocycles. The van der Waals surface area contributed by atoms with E-state index in [1.54, 1.807) is 47.3 Å². The van der Waals surface area contributed by atoms with Crippen LogP contribution in [0.15, 0.2) is 114 Å². The molecule has 0 aliphatic rings. The third-order valence-electron chi connectivity index (χ3n) is 5.69. The Morgan fingerprint density at radius 2 is 1.66 bits per heavy atom. The molecule has 1 amide bonds. The average molecular weight is 525 g/mol. The largest absolute Gasteiger partial charge is 0.489 e. The Balaban J connectivity index is 1.27. The van der Waals surface area contributed by atoms with Crippen LogP contribution in [0.25, 0.3) is 16.9 Å². The van der Waals surface area contributed by atoms with Crippen LogP contribution in [-0.2, 0) is 6.61 Å². The van der Waals surface area contributed by atoms with E-state index in [1.165, 1.54) is 18.3 Å². The van der Waals surface area contributed by atoms with Gasteiger partial charge in [0.2, 0.25) is 0 Å². The van der Waals surface area contributed by atoms with E-state index in [0.717, 1.165) is 16.8 Å². The van der Waals surface area contributed by atoms with Crippen molar-refractivity contribution in [2.24, 2.45) is 5.10 Å². The molecule has 0 unspecified atom stereocenters. The molecule has 4 aromatic carbocycles. The quantitative estimate of drug-likeness (QED) is 0.182. The van der Waals surface area contributed by atoms with Crippen molar-refractivity contribution in [2.45, 2.75) is 6.61 Å². The highest BCUT2D eigenvalue weighted by molar-refractivity contribution is 6.30. The van der Waals surface area contributed by atoms with Crippen molar-refractivity contribution >= 4 is 23.7 Å². The second kappa shape index (κ2) is 11.5. The minimum absolute atomic E-state index is 0.333. The number of para-hydroxylation sites is 1. The molecular formula is C30H22ClFN4O2. The summed E-state index contributed by atoms with van der Waals surface area (Å²) in [5.41, 5.74) is 6.81. The van der Waals surface area contributed by atoms with Gasteiger partial charge in [0.15, 0.2) is 0 Å². The van der Waals surface area contributed by atoms with E-state index in [9.17, 15) is 9.18 Å². The van der Waals surface area contributed by atoms with Gasteiger partial charge in [-0.05, 0) is 78.4 Å². The smallest absolute Gasteiger partial charge is 0.271 e. The molecule has 0 atom stereocenters. The van der Waals surface area contributed by atoms with Crippen molar-refractivity contribution in [3.63, 3.8) is 0 Å². The summed E-state index contributed by atoms with van der Waals surface area (Å²) in [5.74, 6) is -0.0679. The Hall–Kier alpha value is -4.75. The van der Waals surface area contributed by atoms with Gasteiger partial charge in [0.25, 0.3) is 5.91 Å². The fraction of sp³-hybridized carbons (Fsp3) is 0.0333. The van der Waals surface area contributed by atoms with Gasteiger partial charge < -0.3 is 4.74 Å². The van der Waals surface area contributed by atoms with Gasteiger partial charge in [-0.25, -0.2) is 14.5 Å². The number of nitrogens with zero attached hydrogens (tertiary/aromatic N) is 3. The average Bonchev–Trinajstić information content (AvgIpc) is 3.38. The first-order valence-electron chi connectivity index (χ1n) is 11.8. The van der Waals surface area contributed by atoms with Gasteiger partial charge in [0.05, 0.1) is 11.9 Å². The Kier molecular flexibility index (Phi) is 7.57. The van der Waals surface area contributed by atoms with E-state index in [2.05, 4.69) is 15.6 Å². The SMILES string of the molecule is O=C(N/N=C/c1cn(-c2ccccc2)nc1-c1ccc(F)cc1)c1ccc(OCc2ccc(Cl)cc2)cc1. The van der Waals surface area contributed by atoms with Crippen LogP contribution in [-0.4, -0.2) is 21.9 Å².